The zero-order valence-electron chi connectivity index (χ0n) is 19.6. The molecule has 2 aliphatic rings. The summed E-state index contributed by atoms with van der Waals surface area (Å²) in [7, 11) is 0. The molecule has 0 spiro atoms. The topological polar surface area (TPSA) is 127 Å². The van der Waals surface area contributed by atoms with Gasteiger partial charge in [0.15, 0.2) is 5.75 Å². The number of fused-ring (bicyclic) bond motifs is 1. The quantitative estimate of drug-likeness (QED) is 0.620. The van der Waals surface area contributed by atoms with Crippen LogP contribution < -0.4 is 25.6 Å². The molecule has 0 unspecified atom stereocenters. The molecule has 0 radical (unpaired) electrons. The first-order chi connectivity index (χ1) is 16.7. The summed E-state index contributed by atoms with van der Waals surface area (Å²) in [5, 5.41) is 2.77. The molecule has 35 heavy (non-hydrogen) atoms. The van der Waals surface area contributed by atoms with Crippen molar-refractivity contribution in [3.63, 3.8) is 0 Å². The standard InChI is InChI=1S/C24H28ClN5O5/c1-14(2)20(21(26)31)28-23(32)35-17-11-18(25)22(27-12-17)29-9-7-16(8-10-29)30-19-6-4-3-5-15(19)13-34-24(30)33/h3-6,11-12,14,16,20H,7-10,13H2,1-2H3,(H2,26,31)(H,28,32)/t20-/m1/s1. The summed E-state index contributed by atoms with van der Waals surface area (Å²) in [5.41, 5.74) is 7.21. The van der Waals surface area contributed by atoms with Crippen LogP contribution in [0.25, 0.3) is 0 Å². The molecular weight excluding hydrogens is 474 g/mol. The molecule has 4 rings (SSSR count). The molecule has 0 aliphatic carbocycles. The van der Waals surface area contributed by atoms with Gasteiger partial charge in [0.25, 0.3) is 0 Å². The molecule has 186 valence electrons. The first kappa shape index (κ1) is 24.6. The molecule has 3 amide bonds. The van der Waals surface area contributed by atoms with Gasteiger partial charge in [-0.2, -0.15) is 0 Å². The molecule has 1 aromatic heterocycles. The Balaban J connectivity index is 1.38. The molecule has 0 saturated carbocycles. The van der Waals surface area contributed by atoms with Gasteiger partial charge in [0.1, 0.15) is 18.5 Å². The highest BCUT2D eigenvalue weighted by molar-refractivity contribution is 6.33. The van der Waals surface area contributed by atoms with E-state index >= 15 is 0 Å². The average Bonchev–Trinajstić information content (AvgIpc) is 2.82. The van der Waals surface area contributed by atoms with Crippen LogP contribution in [-0.2, 0) is 16.1 Å². The van der Waals surface area contributed by atoms with Gasteiger partial charge in [-0.1, -0.05) is 43.6 Å². The third kappa shape index (κ3) is 5.43. The molecule has 3 heterocycles. The Morgan fingerprint density at radius 1 is 1.26 bits per heavy atom. The molecular formula is C24H28ClN5O5. The molecule has 3 N–H and O–H groups in total. The van der Waals surface area contributed by atoms with Gasteiger partial charge in [0.05, 0.1) is 16.9 Å². The van der Waals surface area contributed by atoms with Crippen molar-refractivity contribution < 1.29 is 23.9 Å². The van der Waals surface area contributed by atoms with Crippen molar-refractivity contribution in [1.29, 1.82) is 0 Å². The van der Waals surface area contributed by atoms with Gasteiger partial charge in [-0.25, -0.2) is 14.6 Å². The summed E-state index contributed by atoms with van der Waals surface area (Å²) < 4.78 is 10.6. The number of cyclic esters (lactones) is 1. The second kappa shape index (κ2) is 10.4. The Morgan fingerprint density at radius 2 is 1.97 bits per heavy atom. The van der Waals surface area contributed by atoms with Gasteiger partial charge in [0, 0.05) is 30.8 Å². The average molecular weight is 502 g/mol. The van der Waals surface area contributed by atoms with Crippen LogP contribution >= 0.6 is 11.6 Å². The number of hydrogen-bond acceptors (Lipinski definition) is 7. The number of hydrogen-bond donors (Lipinski definition) is 2. The lowest BCUT2D eigenvalue weighted by atomic mass is 10.0. The third-order valence-electron chi connectivity index (χ3n) is 6.18. The molecule has 1 fully saturated rings. The zero-order chi connectivity index (χ0) is 25.1. The number of nitrogens with zero attached hydrogens (tertiary/aromatic N) is 3. The number of ether oxygens (including phenoxy) is 2. The largest absolute Gasteiger partial charge is 0.444 e. The number of carbonyl (C=O) groups is 3. The Labute approximate surface area is 208 Å². The van der Waals surface area contributed by atoms with Crippen LogP contribution in [-0.4, -0.2) is 48.3 Å². The predicted molar refractivity (Wildman–Crippen MR) is 131 cm³/mol. The van der Waals surface area contributed by atoms with E-state index in [2.05, 4.69) is 10.3 Å². The van der Waals surface area contributed by atoms with Crippen molar-refractivity contribution >= 4 is 41.2 Å². The second-order valence-electron chi connectivity index (χ2n) is 8.91. The van der Waals surface area contributed by atoms with Gasteiger partial charge < -0.3 is 25.4 Å². The van der Waals surface area contributed by atoms with Crippen molar-refractivity contribution in [3.8, 4) is 5.75 Å². The van der Waals surface area contributed by atoms with Gasteiger partial charge in [-0.05, 0) is 24.8 Å². The molecule has 1 saturated heterocycles. The summed E-state index contributed by atoms with van der Waals surface area (Å²) in [5.74, 6) is -0.122. The number of amides is 3. The molecule has 11 heteroatoms. The number of pyridine rings is 1. The third-order valence-corrected chi connectivity index (χ3v) is 6.46. The number of para-hydroxylation sites is 1. The van der Waals surface area contributed by atoms with Gasteiger partial charge >= 0.3 is 12.2 Å². The van der Waals surface area contributed by atoms with Crippen LogP contribution in [0.15, 0.2) is 36.5 Å². The van der Waals surface area contributed by atoms with E-state index < -0.39 is 18.0 Å². The monoisotopic (exact) mass is 501 g/mol. The number of anilines is 2. The minimum absolute atomic E-state index is 0.00411. The number of halogens is 1. The molecule has 10 nitrogen and oxygen atoms in total. The predicted octanol–water partition coefficient (Wildman–Crippen LogP) is 3.46. The number of nitrogens with two attached hydrogens (primary N) is 1. The van der Waals surface area contributed by atoms with Gasteiger partial charge in [-0.15, -0.1) is 0 Å². The second-order valence-corrected chi connectivity index (χ2v) is 9.31. The molecule has 1 atom stereocenters. The molecule has 2 aromatic rings. The van der Waals surface area contributed by atoms with E-state index in [9.17, 15) is 14.4 Å². The van der Waals surface area contributed by atoms with E-state index in [1.165, 1.54) is 12.3 Å². The summed E-state index contributed by atoms with van der Waals surface area (Å²) in [6.45, 7) is 5.09. The Morgan fingerprint density at radius 3 is 2.63 bits per heavy atom. The fourth-order valence-electron chi connectivity index (χ4n) is 4.39. The number of nitrogens with one attached hydrogen (secondary N) is 1. The van der Waals surface area contributed by atoms with Gasteiger partial charge in [-0.3, -0.25) is 9.69 Å². The Kier molecular flexibility index (Phi) is 7.30. The lowest BCUT2D eigenvalue weighted by Crippen LogP contribution is -2.49. The lowest BCUT2D eigenvalue weighted by molar-refractivity contribution is -0.120. The first-order valence-electron chi connectivity index (χ1n) is 11.5. The maximum atomic E-state index is 12.5. The molecule has 0 bridgehead atoms. The van der Waals surface area contributed by atoms with Crippen LogP contribution in [0.3, 0.4) is 0 Å². The zero-order valence-corrected chi connectivity index (χ0v) is 20.3. The maximum Gasteiger partial charge on any atom is 0.414 e. The fourth-order valence-corrected chi connectivity index (χ4v) is 4.66. The van der Waals surface area contributed by atoms with Crippen molar-refractivity contribution in [3.05, 3.63) is 47.1 Å². The summed E-state index contributed by atoms with van der Waals surface area (Å²) >= 11 is 6.45. The smallest absolute Gasteiger partial charge is 0.414 e. The van der Waals surface area contributed by atoms with Crippen LogP contribution in [0.1, 0.15) is 32.3 Å². The normalized spacial score (nSPS) is 17.0. The van der Waals surface area contributed by atoms with Crippen molar-refractivity contribution in [2.45, 2.75) is 45.4 Å². The summed E-state index contributed by atoms with van der Waals surface area (Å²) in [6, 6.07) is 8.42. The number of primary amides is 1. The number of rotatable bonds is 6. The van der Waals surface area contributed by atoms with E-state index in [1.807, 2.05) is 29.2 Å². The minimum Gasteiger partial charge on any atom is -0.444 e. The van der Waals surface area contributed by atoms with Crippen molar-refractivity contribution in [2.24, 2.45) is 11.7 Å². The Bertz CT molecular complexity index is 1120. The van der Waals surface area contributed by atoms with E-state index in [0.29, 0.717) is 36.8 Å². The molecule has 1 aromatic carbocycles. The van der Waals surface area contributed by atoms with E-state index in [0.717, 1.165) is 11.3 Å². The highest BCUT2D eigenvalue weighted by atomic mass is 35.5. The number of piperidine rings is 1. The van der Waals surface area contributed by atoms with E-state index in [-0.39, 0.29) is 30.4 Å². The Hall–Kier alpha value is -3.53. The van der Waals surface area contributed by atoms with Crippen molar-refractivity contribution in [2.75, 3.05) is 22.9 Å². The van der Waals surface area contributed by atoms with E-state index in [1.54, 1.807) is 18.7 Å². The number of carbonyl (C=O) groups excluding carboxylic acids is 3. The van der Waals surface area contributed by atoms with Crippen LogP contribution in [0.5, 0.6) is 5.75 Å². The highest BCUT2D eigenvalue weighted by Gasteiger charge is 2.34. The number of benzene rings is 1. The maximum absolute atomic E-state index is 12.5. The SMILES string of the molecule is CC(C)[C@@H](NC(=O)Oc1cnc(N2CCC(N3C(=O)OCc4ccccc43)CC2)c(Cl)c1)C(N)=O. The van der Waals surface area contributed by atoms with Gasteiger partial charge in [0.2, 0.25) is 5.91 Å². The lowest BCUT2D eigenvalue weighted by Gasteiger charge is -2.40. The fraction of sp³-hybridized carbons (Fsp3) is 0.417. The first-order valence-corrected chi connectivity index (χ1v) is 11.8. The van der Waals surface area contributed by atoms with Crippen molar-refractivity contribution in [1.82, 2.24) is 10.3 Å². The summed E-state index contributed by atoms with van der Waals surface area (Å²) in [6.07, 6.45) is 1.69. The highest BCUT2D eigenvalue weighted by Crippen LogP contribution is 2.34. The van der Waals surface area contributed by atoms with E-state index in [4.69, 9.17) is 26.8 Å². The minimum atomic E-state index is -0.851. The summed E-state index contributed by atoms with van der Waals surface area (Å²) in [4.78, 5) is 44.3. The van der Waals surface area contributed by atoms with Crippen LogP contribution in [0.2, 0.25) is 5.02 Å². The van der Waals surface area contributed by atoms with Crippen LogP contribution in [0.4, 0.5) is 21.1 Å². The van der Waals surface area contributed by atoms with Crippen LogP contribution in [0, 0.1) is 5.92 Å². The number of aromatic nitrogens is 1. The molecule has 2 aliphatic heterocycles.